The monoisotopic (exact) mass is 392 g/mol. The quantitative estimate of drug-likeness (QED) is 0.756. The number of rotatable bonds is 4. The molecule has 29 heavy (non-hydrogen) atoms. The fraction of sp³-hybridized carbons (Fsp3) is 0.440. The third kappa shape index (κ3) is 4.69. The molecule has 1 aliphatic heterocycles. The zero-order valence-electron chi connectivity index (χ0n) is 18.4. The maximum Gasteiger partial charge on any atom is 0.229 e. The lowest BCUT2D eigenvalue weighted by Crippen LogP contribution is -2.28. The van der Waals surface area contributed by atoms with Gasteiger partial charge in [-0.1, -0.05) is 52.8 Å². The highest BCUT2D eigenvalue weighted by atomic mass is 16.2. The van der Waals surface area contributed by atoms with Crippen LogP contribution in [0, 0.1) is 12.8 Å². The first-order chi connectivity index (χ1) is 13.6. The molecule has 3 rings (SSSR count). The minimum absolute atomic E-state index is 0.00456. The van der Waals surface area contributed by atoms with Gasteiger partial charge in [0.05, 0.1) is 5.92 Å². The number of nitrogens with one attached hydrogen (secondary N) is 1. The van der Waals surface area contributed by atoms with E-state index in [0.717, 1.165) is 11.4 Å². The number of aryl methyl sites for hydroxylation is 1. The highest BCUT2D eigenvalue weighted by Crippen LogP contribution is 2.30. The molecular formula is C25H32N2O2. The van der Waals surface area contributed by atoms with E-state index >= 15 is 0 Å². The van der Waals surface area contributed by atoms with Crippen LogP contribution in [-0.2, 0) is 15.0 Å². The summed E-state index contributed by atoms with van der Waals surface area (Å²) in [6, 6.07) is 14.1. The lowest BCUT2D eigenvalue weighted by molar-refractivity contribution is -0.122. The fourth-order valence-electron chi connectivity index (χ4n) is 3.91. The van der Waals surface area contributed by atoms with Crippen molar-refractivity contribution in [2.24, 2.45) is 5.92 Å². The minimum Gasteiger partial charge on any atom is -0.326 e. The predicted molar refractivity (Wildman–Crippen MR) is 119 cm³/mol. The average Bonchev–Trinajstić information content (AvgIpc) is 3.03. The van der Waals surface area contributed by atoms with Gasteiger partial charge in [-0.3, -0.25) is 9.59 Å². The Morgan fingerprint density at radius 2 is 1.76 bits per heavy atom. The third-order valence-corrected chi connectivity index (χ3v) is 5.70. The van der Waals surface area contributed by atoms with Gasteiger partial charge in [0, 0.05) is 24.3 Å². The van der Waals surface area contributed by atoms with E-state index in [0.29, 0.717) is 12.5 Å². The molecule has 4 nitrogen and oxygen atoms in total. The molecule has 154 valence electrons. The average molecular weight is 393 g/mol. The van der Waals surface area contributed by atoms with Crippen molar-refractivity contribution in [2.45, 2.75) is 59.3 Å². The summed E-state index contributed by atoms with van der Waals surface area (Å²) in [7, 11) is 0. The van der Waals surface area contributed by atoms with E-state index < -0.39 is 0 Å². The highest BCUT2D eigenvalue weighted by molar-refractivity contribution is 6.03. The minimum atomic E-state index is -0.338. The van der Waals surface area contributed by atoms with Crippen molar-refractivity contribution in [2.75, 3.05) is 16.8 Å². The van der Waals surface area contributed by atoms with Crippen LogP contribution in [0.3, 0.4) is 0 Å². The Labute approximate surface area is 174 Å². The number of amides is 2. The second kappa shape index (κ2) is 8.02. The molecule has 0 saturated carbocycles. The van der Waals surface area contributed by atoms with Crippen molar-refractivity contribution in [1.82, 2.24) is 0 Å². The Balaban J connectivity index is 1.68. The first-order valence-electron chi connectivity index (χ1n) is 10.4. The number of benzene rings is 2. The van der Waals surface area contributed by atoms with E-state index in [4.69, 9.17) is 0 Å². The smallest absolute Gasteiger partial charge is 0.229 e. The number of carbonyl (C=O) groups excluding carboxylic acids is 2. The number of hydrogen-bond donors (Lipinski definition) is 1. The topological polar surface area (TPSA) is 49.4 Å². The maximum absolute atomic E-state index is 12.7. The summed E-state index contributed by atoms with van der Waals surface area (Å²) in [6.07, 6.45) is 0.247. The molecule has 2 aromatic carbocycles. The number of anilines is 2. The molecule has 1 heterocycles. The van der Waals surface area contributed by atoms with E-state index in [-0.39, 0.29) is 29.6 Å². The fourth-order valence-corrected chi connectivity index (χ4v) is 3.91. The van der Waals surface area contributed by atoms with Gasteiger partial charge in [0.1, 0.15) is 0 Å². The van der Waals surface area contributed by atoms with Gasteiger partial charge in [-0.15, -0.1) is 0 Å². The molecule has 0 unspecified atom stereocenters. The van der Waals surface area contributed by atoms with Gasteiger partial charge in [0.15, 0.2) is 0 Å². The van der Waals surface area contributed by atoms with Crippen LogP contribution in [0.15, 0.2) is 42.5 Å². The molecular weight excluding hydrogens is 360 g/mol. The van der Waals surface area contributed by atoms with Gasteiger partial charge in [0.2, 0.25) is 11.8 Å². The van der Waals surface area contributed by atoms with E-state index in [2.05, 4.69) is 59.0 Å². The van der Waals surface area contributed by atoms with Crippen LogP contribution in [0.5, 0.6) is 0 Å². The molecule has 0 aromatic heterocycles. The summed E-state index contributed by atoms with van der Waals surface area (Å²) in [5.74, 6) is 0.0150. The van der Waals surface area contributed by atoms with Crippen molar-refractivity contribution in [3.05, 3.63) is 59.2 Å². The first-order valence-corrected chi connectivity index (χ1v) is 10.4. The third-order valence-electron chi connectivity index (χ3n) is 5.70. The largest absolute Gasteiger partial charge is 0.326 e. The van der Waals surface area contributed by atoms with E-state index in [1.807, 2.05) is 30.3 Å². The van der Waals surface area contributed by atoms with Crippen molar-refractivity contribution in [1.29, 1.82) is 0 Å². The molecule has 1 N–H and O–H groups in total. The zero-order valence-corrected chi connectivity index (χ0v) is 18.4. The Morgan fingerprint density at radius 3 is 2.31 bits per heavy atom. The predicted octanol–water partition coefficient (Wildman–Crippen LogP) is 5.41. The first kappa shape index (κ1) is 21.1. The van der Waals surface area contributed by atoms with Gasteiger partial charge in [-0.2, -0.15) is 0 Å². The summed E-state index contributed by atoms with van der Waals surface area (Å²) in [5, 5.41) is 2.97. The molecule has 0 aliphatic carbocycles. The lowest BCUT2D eigenvalue weighted by atomic mass is 9.87. The standard InChI is InChI=1S/C25H32N2O2/c1-16(2)22-12-11-21(13-17(22)3)27-15-18(14-23(27)28)24(29)26-20-9-7-19(8-10-20)25(4,5)6/h7-13,16,18H,14-15H2,1-6H3,(H,26,29)/t18-/m0/s1. The Bertz CT molecular complexity index is 907. The van der Waals surface area contributed by atoms with Crippen molar-refractivity contribution < 1.29 is 9.59 Å². The number of carbonyl (C=O) groups is 2. The zero-order chi connectivity index (χ0) is 21.3. The number of nitrogens with zero attached hydrogens (tertiary/aromatic N) is 1. The number of hydrogen-bond acceptors (Lipinski definition) is 2. The Hall–Kier alpha value is -2.62. The van der Waals surface area contributed by atoms with Crippen LogP contribution >= 0.6 is 0 Å². The highest BCUT2D eigenvalue weighted by Gasteiger charge is 2.35. The van der Waals surface area contributed by atoms with Crippen molar-refractivity contribution in [3.8, 4) is 0 Å². The van der Waals surface area contributed by atoms with Crippen molar-refractivity contribution in [3.63, 3.8) is 0 Å². The van der Waals surface area contributed by atoms with Gasteiger partial charge in [-0.05, 0) is 59.2 Å². The SMILES string of the molecule is Cc1cc(N2C[C@@H](C(=O)Nc3ccc(C(C)(C)C)cc3)CC2=O)ccc1C(C)C. The molecule has 0 bridgehead atoms. The molecule has 1 aliphatic rings. The second-order valence-corrected chi connectivity index (χ2v) is 9.42. The summed E-state index contributed by atoms with van der Waals surface area (Å²) in [6.45, 7) is 13.3. The summed E-state index contributed by atoms with van der Waals surface area (Å²) in [4.78, 5) is 27.1. The van der Waals surface area contributed by atoms with Gasteiger partial charge in [0.25, 0.3) is 0 Å². The molecule has 4 heteroatoms. The molecule has 1 fully saturated rings. The van der Waals surface area contributed by atoms with Crippen LogP contribution in [0.1, 0.15) is 63.6 Å². The van der Waals surface area contributed by atoms with Crippen LogP contribution in [0.25, 0.3) is 0 Å². The van der Waals surface area contributed by atoms with Crippen LogP contribution in [0.2, 0.25) is 0 Å². The van der Waals surface area contributed by atoms with Crippen molar-refractivity contribution >= 4 is 23.2 Å². The Kier molecular flexibility index (Phi) is 5.83. The maximum atomic E-state index is 12.7. The summed E-state index contributed by atoms with van der Waals surface area (Å²) >= 11 is 0. The van der Waals surface area contributed by atoms with Gasteiger partial charge < -0.3 is 10.2 Å². The second-order valence-electron chi connectivity index (χ2n) is 9.42. The van der Waals surface area contributed by atoms with Crippen LogP contribution in [-0.4, -0.2) is 18.4 Å². The molecule has 1 atom stereocenters. The van der Waals surface area contributed by atoms with E-state index in [9.17, 15) is 9.59 Å². The van der Waals surface area contributed by atoms with E-state index in [1.54, 1.807) is 4.90 Å². The molecule has 2 amide bonds. The van der Waals surface area contributed by atoms with Crippen LogP contribution < -0.4 is 10.2 Å². The Morgan fingerprint density at radius 1 is 1.10 bits per heavy atom. The molecule has 1 saturated heterocycles. The van der Waals surface area contributed by atoms with Crippen LogP contribution in [0.4, 0.5) is 11.4 Å². The van der Waals surface area contributed by atoms with E-state index in [1.165, 1.54) is 16.7 Å². The molecule has 0 radical (unpaired) electrons. The summed E-state index contributed by atoms with van der Waals surface area (Å²) in [5.41, 5.74) is 5.40. The normalized spacial score (nSPS) is 17.1. The van der Waals surface area contributed by atoms with Gasteiger partial charge >= 0.3 is 0 Å². The van der Waals surface area contributed by atoms with Gasteiger partial charge in [-0.25, -0.2) is 0 Å². The summed E-state index contributed by atoms with van der Waals surface area (Å²) < 4.78 is 0. The lowest BCUT2D eigenvalue weighted by Gasteiger charge is -2.20. The molecule has 0 spiro atoms. The molecule has 2 aromatic rings.